The first-order chi connectivity index (χ1) is 10.2. The Labute approximate surface area is 125 Å². The van der Waals surface area contributed by atoms with Crippen LogP contribution in [0.15, 0.2) is 30.3 Å². The summed E-state index contributed by atoms with van der Waals surface area (Å²) in [6.45, 7) is 0. The van der Waals surface area contributed by atoms with E-state index in [1.807, 2.05) is 0 Å². The van der Waals surface area contributed by atoms with E-state index in [2.05, 4.69) is 35.1 Å². The summed E-state index contributed by atoms with van der Waals surface area (Å²) in [6, 6.07) is 10.7. The van der Waals surface area contributed by atoms with E-state index in [1.165, 1.54) is 24.8 Å². The highest BCUT2D eigenvalue weighted by atomic mass is 16.1. The van der Waals surface area contributed by atoms with Crippen LogP contribution >= 0.6 is 0 Å². The summed E-state index contributed by atoms with van der Waals surface area (Å²) in [5.74, 6) is 1.35. The monoisotopic (exact) mass is 280 g/mol. The lowest BCUT2D eigenvalue weighted by Gasteiger charge is -2.61. The minimum Gasteiger partial charge on any atom is -0.361 e. The van der Waals surface area contributed by atoms with Crippen molar-refractivity contribution in [2.75, 3.05) is 0 Å². The lowest BCUT2D eigenvalue weighted by molar-refractivity contribution is -0.142. The van der Waals surface area contributed by atoms with E-state index in [9.17, 15) is 4.79 Å². The molecule has 4 saturated carbocycles. The molecule has 21 heavy (non-hydrogen) atoms. The predicted molar refractivity (Wildman–Crippen MR) is 79.9 cm³/mol. The Morgan fingerprint density at radius 1 is 1.14 bits per heavy atom. The molecule has 1 aromatic carbocycles. The average molecular weight is 280 g/mol. The Morgan fingerprint density at radius 2 is 1.81 bits per heavy atom. The zero-order valence-electron chi connectivity index (χ0n) is 12.2. The molecule has 4 aliphatic rings. The molecule has 108 valence electrons. The Hall–Kier alpha value is -1.73. The van der Waals surface area contributed by atoms with Crippen LogP contribution in [0.3, 0.4) is 0 Å². The number of nitrogens with zero attached hydrogens (tertiary/aromatic N) is 2. The van der Waals surface area contributed by atoms with E-state index < -0.39 is 0 Å². The summed E-state index contributed by atoms with van der Waals surface area (Å²) in [7, 11) is 0. The average Bonchev–Trinajstić information content (AvgIpc) is 2.47. The predicted octanol–water partition coefficient (Wildman–Crippen LogP) is 3.39. The second-order valence-corrected chi connectivity index (χ2v) is 7.50. The van der Waals surface area contributed by atoms with Gasteiger partial charge in [-0.25, -0.2) is 0 Å². The van der Waals surface area contributed by atoms with Gasteiger partial charge in [-0.15, -0.1) is 0 Å². The second kappa shape index (κ2) is 4.38. The molecule has 0 spiro atoms. The van der Waals surface area contributed by atoms with E-state index >= 15 is 0 Å². The first kappa shape index (κ1) is 13.0. The fraction of sp³-hybridized carbons (Fsp3) is 0.556. The lowest BCUT2D eigenvalue weighted by Crippen LogP contribution is -2.57. The summed E-state index contributed by atoms with van der Waals surface area (Å²) in [6.07, 6.45) is 7.77. The number of carbonyl (C=O) groups is 1. The van der Waals surface area contributed by atoms with Crippen LogP contribution in [0.25, 0.3) is 5.53 Å². The van der Waals surface area contributed by atoms with Gasteiger partial charge < -0.3 is 5.53 Å². The van der Waals surface area contributed by atoms with E-state index in [0.717, 1.165) is 25.5 Å². The molecule has 3 nitrogen and oxygen atoms in total. The minimum atomic E-state index is -0.272. The molecule has 0 radical (unpaired) electrons. The molecule has 0 heterocycles. The number of benzene rings is 1. The fourth-order valence-electron chi connectivity index (χ4n) is 5.87. The first-order valence-electron chi connectivity index (χ1n) is 7.93. The quantitative estimate of drug-likeness (QED) is 0.475. The van der Waals surface area contributed by atoms with Crippen LogP contribution in [0.5, 0.6) is 0 Å². The number of hydrogen-bond donors (Lipinski definition) is 0. The fourth-order valence-corrected chi connectivity index (χ4v) is 5.87. The van der Waals surface area contributed by atoms with Gasteiger partial charge >= 0.3 is 6.21 Å². The van der Waals surface area contributed by atoms with Crippen LogP contribution in [-0.4, -0.2) is 16.8 Å². The highest BCUT2D eigenvalue weighted by Crippen LogP contribution is 2.65. The van der Waals surface area contributed by atoms with Crippen molar-refractivity contribution in [3.63, 3.8) is 0 Å². The van der Waals surface area contributed by atoms with Crippen molar-refractivity contribution >= 4 is 12.0 Å². The van der Waals surface area contributed by atoms with Crippen molar-refractivity contribution in [3.8, 4) is 0 Å². The summed E-state index contributed by atoms with van der Waals surface area (Å²) >= 11 is 0. The Bertz CT molecular complexity index is 616. The molecule has 4 atom stereocenters. The van der Waals surface area contributed by atoms with Crippen LogP contribution in [0.2, 0.25) is 0 Å². The van der Waals surface area contributed by atoms with E-state index in [0.29, 0.717) is 11.8 Å². The summed E-state index contributed by atoms with van der Waals surface area (Å²) in [5, 5.41) is 0. The number of ketones is 1. The molecule has 3 heteroatoms. The van der Waals surface area contributed by atoms with Crippen molar-refractivity contribution in [2.45, 2.75) is 43.9 Å². The van der Waals surface area contributed by atoms with E-state index in [1.54, 1.807) is 0 Å². The van der Waals surface area contributed by atoms with Crippen LogP contribution < -0.4 is 0 Å². The van der Waals surface area contributed by atoms with Gasteiger partial charge in [-0.3, -0.25) is 4.79 Å². The molecule has 0 saturated heterocycles. The molecule has 5 rings (SSSR count). The number of hydrogen-bond acceptors (Lipinski definition) is 1. The van der Waals surface area contributed by atoms with E-state index in [-0.39, 0.29) is 16.6 Å². The topological polar surface area (TPSA) is 53.5 Å². The molecule has 4 aliphatic carbocycles. The van der Waals surface area contributed by atoms with Crippen molar-refractivity contribution in [1.29, 1.82) is 0 Å². The van der Waals surface area contributed by atoms with Crippen LogP contribution in [0.1, 0.15) is 44.1 Å². The molecule has 1 aromatic rings. The summed E-state index contributed by atoms with van der Waals surface area (Å²) in [5.41, 5.74) is 10.1. The smallest absolute Gasteiger partial charge is 0.323 e. The molecule has 0 aliphatic heterocycles. The third-order valence-electron chi connectivity index (χ3n) is 6.14. The maximum Gasteiger partial charge on any atom is 0.323 e. The van der Waals surface area contributed by atoms with Gasteiger partial charge in [0.2, 0.25) is 5.78 Å². The Balaban J connectivity index is 1.78. The molecular weight excluding hydrogens is 260 g/mol. The van der Waals surface area contributed by atoms with Crippen molar-refractivity contribution in [3.05, 3.63) is 41.4 Å². The molecule has 0 aromatic heterocycles. The number of Topliss-reactive ketones (excluding diaryl/α,β-unsaturated/α-hetero) is 1. The van der Waals surface area contributed by atoms with E-state index in [4.69, 9.17) is 5.53 Å². The molecule has 4 fully saturated rings. The molecule has 0 N–H and O–H groups in total. The van der Waals surface area contributed by atoms with Gasteiger partial charge in [-0.2, -0.15) is 4.79 Å². The van der Waals surface area contributed by atoms with Crippen molar-refractivity contribution in [1.82, 2.24) is 0 Å². The minimum absolute atomic E-state index is 0.0411. The van der Waals surface area contributed by atoms with Crippen molar-refractivity contribution in [2.24, 2.45) is 17.3 Å². The second-order valence-electron chi connectivity index (χ2n) is 7.50. The molecule has 2 unspecified atom stereocenters. The standard InChI is InChI=1S/C18H20N2O/c19-20-11-16(21)18-9-13-6-14(10-18)8-17(7-13,12-18)15-4-2-1-3-5-15/h1-5,11,13-14H,6-10,12H2/t13-,14+,17?,18?. The summed E-state index contributed by atoms with van der Waals surface area (Å²) < 4.78 is 0. The largest absolute Gasteiger partial charge is 0.361 e. The zero-order valence-corrected chi connectivity index (χ0v) is 12.2. The van der Waals surface area contributed by atoms with Gasteiger partial charge in [-0.1, -0.05) is 30.3 Å². The van der Waals surface area contributed by atoms with Gasteiger partial charge in [-0.05, 0) is 61.3 Å². The SMILES string of the molecule is [N-]=[N+]=CC(=O)C12C[C@H]3C[C@@H](C1)CC(c1ccccc1)(C3)C2. The van der Waals surface area contributed by atoms with Crippen LogP contribution in [-0.2, 0) is 10.2 Å². The maximum absolute atomic E-state index is 12.6. The first-order valence-corrected chi connectivity index (χ1v) is 7.93. The Morgan fingerprint density at radius 3 is 2.43 bits per heavy atom. The van der Waals surface area contributed by atoms with Gasteiger partial charge in [0.1, 0.15) is 0 Å². The highest BCUT2D eigenvalue weighted by molar-refractivity contribution is 6.27. The van der Waals surface area contributed by atoms with Gasteiger partial charge in [0.05, 0.1) is 0 Å². The third-order valence-corrected chi connectivity index (χ3v) is 6.14. The number of rotatable bonds is 3. The third kappa shape index (κ3) is 1.84. The van der Waals surface area contributed by atoms with Gasteiger partial charge in [0.25, 0.3) is 0 Å². The summed E-state index contributed by atoms with van der Waals surface area (Å²) in [4.78, 5) is 15.6. The van der Waals surface area contributed by atoms with Gasteiger partial charge in [0.15, 0.2) is 0 Å². The van der Waals surface area contributed by atoms with Crippen LogP contribution in [0.4, 0.5) is 0 Å². The maximum atomic E-state index is 12.6. The molecule has 0 amide bonds. The number of carbonyl (C=O) groups excluding carboxylic acids is 1. The zero-order chi connectivity index (χ0) is 14.5. The molecule has 4 bridgehead atoms. The molecular formula is C18H20N2O. The normalized spacial score (nSPS) is 39.8. The van der Waals surface area contributed by atoms with Crippen molar-refractivity contribution < 1.29 is 9.58 Å². The highest BCUT2D eigenvalue weighted by Gasteiger charge is 2.61. The van der Waals surface area contributed by atoms with Gasteiger partial charge in [0, 0.05) is 5.41 Å². The Kier molecular flexibility index (Phi) is 2.71. The van der Waals surface area contributed by atoms with Crippen LogP contribution in [0, 0.1) is 17.3 Å². The lowest BCUT2D eigenvalue weighted by atomic mass is 9.42.